The van der Waals surface area contributed by atoms with Crippen molar-refractivity contribution < 1.29 is 9.53 Å². The highest BCUT2D eigenvalue weighted by Gasteiger charge is 2.16. The summed E-state index contributed by atoms with van der Waals surface area (Å²) in [5.41, 5.74) is 1.48. The second kappa shape index (κ2) is 6.42. The van der Waals surface area contributed by atoms with Crippen LogP contribution in [0.1, 0.15) is 12.5 Å². The average molecular weight is 234 g/mol. The van der Waals surface area contributed by atoms with E-state index >= 15 is 0 Å². The lowest BCUT2D eigenvalue weighted by Crippen LogP contribution is -2.27. The van der Waals surface area contributed by atoms with Gasteiger partial charge in [0.1, 0.15) is 0 Å². The highest BCUT2D eigenvalue weighted by atomic mass is 16.6. The van der Waals surface area contributed by atoms with E-state index in [2.05, 4.69) is 16.6 Å². The minimum Gasteiger partial charge on any atom is -0.448 e. The van der Waals surface area contributed by atoms with Crippen molar-refractivity contribution in [3.8, 4) is 0 Å². The molecule has 5 heteroatoms. The third-order valence-corrected chi connectivity index (χ3v) is 2.10. The maximum absolute atomic E-state index is 11.3. The van der Waals surface area contributed by atoms with Crippen molar-refractivity contribution in [1.82, 2.24) is 5.01 Å². The molecule has 0 N–H and O–H groups in total. The molecule has 90 valence electrons. The number of benzene rings is 1. The predicted molar refractivity (Wildman–Crippen MR) is 65.0 cm³/mol. The lowest BCUT2D eigenvalue weighted by Gasteiger charge is -2.14. The third-order valence-electron chi connectivity index (χ3n) is 2.10. The van der Waals surface area contributed by atoms with Crippen LogP contribution in [0.15, 0.2) is 42.2 Å². The second-order valence-corrected chi connectivity index (χ2v) is 3.31. The number of nitrogens with zero attached hydrogens (tertiary/aromatic N) is 2. The first kappa shape index (κ1) is 12.9. The Morgan fingerprint density at radius 1 is 1.41 bits per heavy atom. The lowest BCUT2D eigenvalue weighted by atomic mass is 10.1. The first-order valence-electron chi connectivity index (χ1n) is 5.19. The molecular weight excluding hydrogens is 220 g/mol. The molecule has 0 radical (unpaired) electrons. The standard InChI is InChI=1S/C12H14N2O3/c1-3-17-12(15)14(13-16)9-10(2)11-7-5-4-6-8-11/h4-8H,2-3,9H2,1H3. The molecular formula is C12H14N2O3. The van der Waals surface area contributed by atoms with Crippen LogP contribution in [0.4, 0.5) is 4.79 Å². The molecule has 5 nitrogen and oxygen atoms in total. The van der Waals surface area contributed by atoms with Crippen LogP contribution in [0, 0.1) is 4.91 Å². The second-order valence-electron chi connectivity index (χ2n) is 3.31. The monoisotopic (exact) mass is 234 g/mol. The van der Waals surface area contributed by atoms with Crippen LogP contribution in [0.3, 0.4) is 0 Å². The van der Waals surface area contributed by atoms with Crippen molar-refractivity contribution in [2.45, 2.75) is 6.92 Å². The quantitative estimate of drug-likeness (QED) is 0.581. The van der Waals surface area contributed by atoms with Crippen LogP contribution >= 0.6 is 0 Å². The Morgan fingerprint density at radius 2 is 2.06 bits per heavy atom. The average Bonchev–Trinajstić information content (AvgIpc) is 2.37. The Balaban J connectivity index is 2.66. The van der Waals surface area contributed by atoms with Gasteiger partial charge < -0.3 is 4.74 Å². The van der Waals surface area contributed by atoms with E-state index in [1.54, 1.807) is 6.92 Å². The van der Waals surface area contributed by atoms with Gasteiger partial charge in [-0.05, 0) is 18.1 Å². The summed E-state index contributed by atoms with van der Waals surface area (Å²) in [6, 6.07) is 9.26. The van der Waals surface area contributed by atoms with Gasteiger partial charge in [-0.3, -0.25) is 0 Å². The molecule has 0 saturated carbocycles. The largest absolute Gasteiger partial charge is 0.448 e. The van der Waals surface area contributed by atoms with Gasteiger partial charge in [-0.15, -0.1) is 4.91 Å². The van der Waals surface area contributed by atoms with E-state index in [1.807, 2.05) is 30.3 Å². The molecule has 0 aliphatic heterocycles. The van der Waals surface area contributed by atoms with Gasteiger partial charge in [0.25, 0.3) is 0 Å². The van der Waals surface area contributed by atoms with Gasteiger partial charge in [0, 0.05) is 0 Å². The maximum Gasteiger partial charge on any atom is 0.433 e. The summed E-state index contributed by atoms with van der Waals surface area (Å²) in [4.78, 5) is 21.8. The number of nitroso groups, excluding NO2 is 1. The number of carbonyl (C=O) groups excluding carboxylic acids is 1. The number of rotatable bonds is 5. The summed E-state index contributed by atoms with van der Waals surface area (Å²) in [5.74, 6) is 0. The molecule has 0 unspecified atom stereocenters. The SMILES string of the molecule is C=C(CN(N=O)C(=O)OCC)c1ccccc1. The molecule has 1 aromatic rings. The molecule has 0 atom stereocenters. The third kappa shape index (κ3) is 3.71. The summed E-state index contributed by atoms with van der Waals surface area (Å²) in [6.07, 6.45) is -0.764. The van der Waals surface area contributed by atoms with Crippen LogP contribution in [0.2, 0.25) is 0 Å². The molecule has 0 aliphatic rings. The van der Waals surface area contributed by atoms with E-state index in [0.29, 0.717) is 10.6 Å². The van der Waals surface area contributed by atoms with Crippen molar-refractivity contribution in [2.24, 2.45) is 5.29 Å². The topological polar surface area (TPSA) is 59.0 Å². The molecule has 0 saturated heterocycles. The first-order chi connectivity index (χ1) is 8.19. The Hall–Kier alpha value is -2.17. The Morgan fingerprint density at radius 3 is 2.59 bits per heavy atom. The summed E-state index contributed by atoms with van der Waals surface area (Å²) >= 11 is 0. The van der Waals surface area contributed by atoms with Crippen LogP contribution in [0.25, 0.3) is 5.57 Å². The summed E-state index contributed by atoms with van der Waals surface area (Å²) in [5, 5.41) is 3.33. The Bertz CT molecular complexity index is 403. The highest BCUT2D eigenvalue weighted by Crippen LogP contribution is 2.13. The van der Waals surface area contributed by atoms with Gasteiger partial charge in [0.05, 0.1) is 18.4 Å². The number of hydrogen-bond donors (Lipinski definition) is 0. The van der Waals surface area contributed by atoms with E-state index in [1.165, 1.54) is 0 Å². The molecule has 1 rings (SSSR count). The number of ether oxygens (including phenoxy) is 1. The summed E-state index contributed by atoms with van der Waals surface area (Å²) < 4.78 is 4.68. The maximum atomic E-state index is 11.3. The fourth-order valence-electron chi connectivity index (χ4n) is 1.27. The van der Waals surface area contributed by atoms with Gasteiger partial charge in [-0.2, -0.15) is 5.01 Å². The molecule has 1 amide bonds. The number of hydrogen-bond acceptors (Lipinski definition) is 4. The zero-order valence-corrected chi connectivity index (χ0v) is 9.63. The molecule has 1 aromatic carbocycles. The minimum absolute atomic E-state index is 0.0202. The van der Waals surface area contributed by atoms with Crippen LogP contribution < -0.4 is 0 Å². The van der Waals surface area contributed by atoms with Gasteiger partial charge in [0.2, 0.25) is 0 Å². The van der Waals surface area contributed by atoms with Crippen molar-refractivity contribution >= 4 is 11.7 Å². The minimum atomic E-state index is -0.764. The van der Waals surface area contributed by atoms with E-state index in [4.69, 9.17) is 0 Å². The van der Waals surface area contributed by atoms with Crippen molar-refractivity contribution in [1.29, 1.82) is 0 Å². The van der Waals surface area contributed by atoms with E-state index in [9.17, 15) is 9.70 Å². The smallest absolute Gasteiger partial charge is 0.433 e. The molecule has 0 aliphatic carbocycles. The van der Waals surface area contributed by atoms with E-state index in [-0.39, 0.29) is 13.2 Å². The highest BCUT2D eigenvalue weighted by molar-refractivity contribution is 5.72. The van der Waals surface area contributed by atoms with Crippen LogP contribution in [-0.4, -0.2) is 24.3 Å². The molecule has 0 spiro atoms. The van der Waals surface area contributed by atoms with Crippen molar-refractivity contribution in [3.63, 3.8) is 0 Å². The van der Waals surface area contributed by atoms with Gasteiger partial charge in [-0.1, -0.05) is 36.9 Å². The van der Waals surface area contributed by atoms with Gasteiger partial charge >= 0.3 is 6.09 Å². The van der Waals surface area contributed by atoms with E-state index in [0.717, 1.165) is 5.56 Å². The fraction of sp³-hybridized carbons (Fsp3) is 0.250. The predicted octanol–water partition coefficient (Wildman–Crippen LogP) is 2.84. The number of amides is 1. The van der Waals surface area contributed by atoms with Gasteiger partial charge in [-0.25, -0.2) is 4.79 Å². The summed E-state index contributed by atoms with van der Waals surface area (Å²) in [7, 11) is 0. The molecule has 0 fully saturated rings. The van der Waals surface area contributed by atoms with Crippen molar-refractivity contribution in [3.05, 3.63) is 47.4 Å². The summed E-state index contributed by atoms with van der Waals surface area (Å²) in [6.45, 7) is 5.68. The lowest BCUT2D eigenvalue weighted by molar-refractivity contribution is 0.112. The zero-order chi connectivity index (χ0) is 12.7. The molecule has 0 aromatic heterocycles. The van der Waals surface area contributed by atoms with Crippen LogP contribution in [0.5, 0.6) is 0 Å². The van der Waals surface area contributed by atoms with Crippen LogP contribution in [-0.2, 0) is 4.74 Å². The van der Waals surface area contributed by atoms with Crippen molar-refractivity contribution in [2.75, 3.05) is 13.2 Å². The normalized spacial score (nSPS) is 9.47. The first-order valence-corrected chi connectivity index (χ1v) is 5.19. The fourth-order valence-corrected chi connectivity index (χ4v) is 1.27. The molecule has 17 heavy (non-hydrogen) atoms. The van der Waals surface area contributed by atoms with Gasteiger partial charge in [0.15, 0.2) is 0 Å². The Kier molecular flexibility index (Phi) is 4.87. The Labute approximate surface area is 99.6 Å². The number of carbonyl (C=O) groups is 1. The molecule has 0 heterocycles. The van der Waals surface area contributed by atoms with E-state index < -0.39 is 6.09 Å². The zero-order valence-electron chi connectivity index (χ0n) is 9.63. The molecule has 0 bridgehead atoms.